The molecule has 0 fully saturated rings. The van der Waals surface area contributed by atoms with E-state index in [2.05, 4.69) is 60.7 Å². The molecule has 1 atom stereocenters. The van der Waals surface area contributed by atoms with Gasteiger partial charge in [0.25, 0.3) is 0 Å². The normalized spacial score (nSPS) is 12.6. The summed E-state index contributed by atoms with van der Waals surface area (Å²) in [5, 5.41) is 7.05. The predicted molar refractivity (Wildman–Crippen MR) is 87.4 cm³/mol. The Labute approximate surface area is 126 Å². The summed E-state index contributed by atoms with van der Waals surface area (Å²) in [7, 11) is 0. The smallest absolute Gasteiger partial charge is 0.0947 e. The first-order valence-corrected chi connectivity index (χ1v) is 8.34. The molecule has 20 heavy (non-hydrogen) atoms. The molecule has 0 saturated heterocycles. The highest BCUT2D eigenvalue weighted by Gasteiger charge is 2.16. The summed E-state index contributed by atoms with van der Waals surface area (Å²) in [5.41, 5.74) is 3.99. The Hall–Kier alpha value is -1.19. The van der Waals surface area contributed by atoms with Crippen molar-refractivity contribution in [1.82, 2.24) is 10.3 Å². The third-order valence-corrected chi connectivity index (χ3v) is 4.49. The zero-order valence-electron chi connectivity index (χ0n) is 12.6. The molecule has 1 aromatic carbocycles. The van der Waals surface area contributed by atoms with Gasteiger partial charge in [0.05, 0.1) is 5.01 Å². The number of nitrogens with zero attached hydrogens (tertiary/aromatic N) is 1. The van der Waals surface area contributed by atoms with E-state index in [0.29, 0.717) is 6.04 Å². The molecule has 108 valence electrons. The quantitative estimate of drug-likeness (QED) is 0.821. The molecule has 1 unspecified atom stereocenters. The van der Waals surface area contributed by atoms with Gasteiger partial charge in [-0.1, -0.05) is 38.1 Å². The fourth-order valence-electron chi connectivity index (χ4n) is 2.48. The van der Waals surface area contributed by atoms with E-state index >= 15 is 0 Å². The maximum absolute atomic E-state index is 4.62. The summed E-state index contributed by atoms with van der Waals surface area (Å²) in [6.07, 6.45) is 3.22. The average Bonchev–Trinajstić information content (AvgIpc) is 2.88. The standard InChI is InChI=1S/C17H24N2S/c1-4-10-18-16(11-17-19-13(3)12-20-17)15-9-7-6-8-14(15)5-2/h6-9,12,16,18H,4-5,10-11H2,1-3H3. The second-order valence-corrected chi connectivity index (χ2v) is 6.09. The van der Waals surface area contributed by atoms with Gasteiger partial charge in [-0.25, -0.2) is 4.98 Å². The van der Waals surface area contributed by atoms with Crippen molar-refractivity contribution in [2.24, 2.45) is 0 Å². The van der Waals surface area contributed by atoms with Crippen molar-refractivity contribution in [3.8, 4) is 0 Å². The van der Waals surface area contributed by atoms with Crippen molar-refractivity contribution in [2.45, 2.75) is 46.1 Å². The van der Waals surface area contributed by atoms with Gasteiger partial charge in [-0.05, 0) is 37.4 Å². The molecule has 0 spiro atoms. The molecule has 0 radical (unpaired) electrons. The van der Waals surface area contributed by atoms with Gasteiger partial charge in [-0.15, -0.1) is 11.3 Å². The molecule has 2 aromatic rings. The van der Waals surface area contributed by atoms with E-state index < -0.39 is 0 Å². The highest BCUT2D eigenvalue weighted by atomic mass is 32.1. The van der Waals surface area contributed by atoms with Crippen LogP contribution < -0.4 is 5.32 Å². The third-order valence-electron chi connectivity index (χ3n) is 3.50. The molecule has 0 amide bonds. The van der Waals surface area contributed by atoms with Gasteiger partial charge in [0, 0.05) is 23.5 Å². The van der Waals surface area contributed by atoms with Gasteiger partial charge in [0.1, 0.15) is 0 Å². The van der Waals surface area contributed by atoms with Gasteiger partial charge in [0.15, 0.2) is 0 Å². The number of thiazole rings is 1. The first kappa shape index (κ1) is 15.2. The zero-order chi connectivity index (χ0) is 14.4. The average molecular weight is 288 g/mol. The number of hydrogen-bond acceptors (Lipinski definition) is 3. The lowest BCUT2D eigenvalue weighted by molar-refractivity contribution is 0.524. The van der Waals surface area contributed by atoms with Crippen molar-refractivity contribution in [1.29, 1.82) is 0 Å². The van der Waals surface area contributed by atoms with E-state index in [-0.39, 0.29) is 0 Å². The SMILES string of the molecule is CCCNC(Cc1nc(C)cs1)c1ccccc1CC. The Balaban J connectivity index is 2.22. The number of benzene rings is 1. The lowest BCUT2D eigenvalue weighted by atomic mass is 9.96. The number of hydrogen-bond donors (Lipinski definition) is 1. The van der Waals surface area contributed by atoms with Gasteiger partial charge in [-0.2, -0.15) is 0 Å². The Morgan fingerprint density at radius 2 is 2.05 bits per heavy atom. The van der Waals surface area contributed by atoms with E-state index in [9.17, 15) is 0 Å². The fraction of sp³-hybridized carbons (Fsp3) is 0.471. The molecule has 0 aliphatic rings. The molecule has 2 rings (SSSR count). The largest absolute Gasteiger partial charge is 0.310 e. The first-order chi connectivity index (χ1) is 9.74. The van der Waals surface area contributed by atoms with Gasteiger partial charge in [-0.3, -0.25) is 0 Å². The summed E-state index contributed by atoms with van der Waals surface area (Å²) in [6, 6.07) is 9.14. The Bertz CT molecular complexity index is 533. The molecule has 1 heterocycles. The van der Waals surface area contributed by atoms with Gasteiger partial charge >= 0.3 is 0 Å². The highest BCUT2D eigenvalue weighted by Crippen LogP contribution is 2.24. The predicted octanol–water partition coefficient (Wildman–Crippen LogP) is 4.30. The fourth-order valence-corrected chi connectivity index (χ4v) is 3.30. The molecule has 1 aromatic heterocycles. The van der Waals surface area contributed by atoms with Gasteiger partial charge < -0.3 is 5.32 Å². The van der Waals surface area contributed by atoms with Gasteiger partial charge in [0.2, 0.25) is 0 Å². The molecular weight excluding hydrogens is 264 g/mol. The van der Waals surface area contributed by atoms with E-state index in [0.717, 1.165) is 31.5 Å². The monoisotopic (exact) mass is 288 g/mol. The topological polar surface area (TPSA) is 24.9 Å². The Kier molecular flexibility index (Phi) is 5.74. The molecule has 2 nitrogen and oxygen atoms in total. The number of aromatic nitrogens is 1. The summed E-state index contributed by atoms with van der Waals surface area (Å²) < 4.78 is 0. The minimum absolute atomic E-state index is 0.372. The van der Waals surface area contributed by atoms with Crippen LogP contribution in [0.4, 0.5) is 0 Å². The van der Waals surface area contributed by atoms with E-state index in [4.69, 9.17) is 0 Å². The lowest BCUT2D eigenvalue weighted by Gasteiger charge is -2.20. The van der Waals surface area contributed by atoms with E-state index in [1.165, 1.54) is 16.1 Å². The summed E-state index contributed by atoms with van der Waals surface area (Å²) in [6.45, 7) is 7.55. The second kappa shape index (κ2) is 7.55. The second-order valence-electron chi connectivity index (χ2n) is 5.15. The summed E-state index contributed by atoms with van der Waals surface area (Å²) in [4.78, 5) is 4.62. The molecule has 0 saturated carbocycles. The lowest BCUT2D eigenvalue weighted by Crippen LogP contribution is -2.25. The highest BCUT2D eigenvalue weighted by molar-refractivity contribution is 7.09. The molecule has 1 N–H and O–H groups in total. The minimum Gasteiger partial charge on any atom is -0.310 e. The molecule has 3 heteroatoms. The summed E-state index contributed by atoms with van der Waals surface area (Å²) >= 11 is 1.77. The Morgan fingerprint density at radius 1 is 1.25 bits per heavy atom. The van der Waals surface area contributed by atoms with E-state index in [1.54, 1.807) is 11.3 Å². The minimum atomic E-state index is 0.372. The van der Waals surface area contributed by atoms with E-state index in [1.807, 2.05) is 0 Å². The zero-order valence-corrected chi connectivity index (χ0v) is 13.5. The van der Waals surface area contributed by atoms with Crippen molar-refractivity contribution < 1.29 is 0 Å². The van der Waals surface area contributed by atoms with Crippen LogP contribution in [0.3, 0.4) is 0 Å². The molecule has 0 bridgehead atoms. The van der Waals surface area contributed by atoms with Crippen LogP contribution in [0.15, 0.2) is 29.6 Å². The Morgan fingerprint density at radius 3 is 2.70 bits per heavy atom. The number of aryl methyl sites for hydroxylation is 2. The van der Waals surface area contributed by atoms with Crippen LogP contribution in [0.1, 0.15) is 48.1 Å². The number of rotatable bonds is 7. The van der Waals surface area contributed by atoms with Crippen LogP contribution in [-0.2, 0) is 12.8 Å². The van der Waals surface area contributed by atoms with Crippen molar-refractivity contribution in [3.63, 3.8) is 0 Å². The maximum atomic E-state index is 4.62. The van der Waals surface area contributed by atoms with Crippen LogP contribution in [0.25, 0.3) is 0 Å². The van der Waals surface area contributed by atoms with Crippen LogP contribution in [-0.4, -0.2) is 11.5 Å². The third kappa shape index (κ3) is 3.90. The van der Waals surface area contributed by atoms with Crippen LogP contribution in [0.5, 0.6) is 0 Å². The number of nitrogens with one attached hydrogen (secondary N) is 1. The van der Waals surface area contributed by atoms with Crippen molar-refractivity contribution >= 4 is 11.3 Å². The van der Waals surface area contributed by atoms with Crippen LogP contribution in [0, 0.1) is 6.92 Å². The molecular formula is C17H24N2S. The first-order valence-electron chi connectivity index (χ1n) is 7.46. The van der Waals surface area contributed by atoms with Crippen molar-refractivity contribution in [2.75, 3.05) is 6.54 Å². The van der Waals surface area contributed by atoms with Crippen LogP contribution in [0.2, 0.25) is 0 Å². The molecule has 0 aliphatic heterocycles. The molecule has 0 aliphatic carbocycles. The maximum Gasteiger partial charge on any atom is 0.0947 e. The van der Waals surface area contributed by atoms with Crippen LogP contribution >= 0.6 is 11.3 Å². The van der Waals surface area contributed by atoms with Crippen molar-refractivity contribution in [3.05, 3.63) is 51.5 Å². The summed E-state index contributed by atoms with van der Waals surface area (Å²) in [5.74, 6) is 0.